The van der Waals surface area contributed by atoms with E-state index in [1.54, 1.807) is 10.9 Å². The van der Waals surface area contributed by atoms with Gasteiger partial charge in [0, 0.05) is 38.3 Å². The zero-order chi connectivity index (χ0) is 30.8. The van der Waals surface area contributed by atoms with Gasteiger partial charge in [0.15, 0.2) is 5.13 Å². The van der Waals surface area contributed by atoms with Gasteiger partial charge >= 0.3 is 18.3 Å². The molecule has 1 fully saturated rings. The van der Waals surface area contributed by atoms with E-state index in [9.17, 15) is 31.1 Å². The van der Waals surface area contributed by atoms with Crippen LogP contribution in [0.2, 0.25) is 0 Å². The molecule has 42 heavy (non-hydrogen) atoms. The van der Waals surface area contributed by atoms with E-state index in [1.165, 1.54) is 12.1 Å². The molecular weight excluding hydrogens is 590 g/mol. The Morgan fingerprint density at radius 2 is 1.62 bits per heavy atom. The SMILES string of the molecule is CN1CCN(Cc2ccc3ncn(-c4nc(-c5ccc(C(F)(F)F)cc5)c(C(N)=O)s4)c3c2)CC1.O=C(O)C(F)(F)F. The van der Waals surface area contributed by atoms with Gasteiger partial charge in [-0.1, -0.05) is 29.5 Å². The number of carboxylic acids is 1. The molecule has 2 aromatic carbocycles. The molecule has 3 N–H and O–H groups in total. The number of halogens is 6. The first-order valence-electron chi connectivity index (χ1n) is 12.3. The Morgan fingerprint density at radius 1 is 1.00 bits per heavy atom. The number of aromatic nitrogens is 3. The summed E-state index contributed by atoms with van der Waals surface area (Å²) in [7, 11) is 2.12. The van der Waals surface area contributed by atoms with Gasteiger partial charge < -0.3 is 15.7 Å². The molecule has 0 atom stereocenters. The van der Waals surface area contributed by atoms with Crippen molar-refractivity contribution >= 4 is 34.2 Å². The van der Waals surface area contributed by atoms with E-state index in [-0.39, 0.29) is 10.6 Å². The molecule has 16 heteroatoms. The van der Waals surface area contributed by atoms with Crippen molar-refractivity contribution in [3.8, 4) is 16.4 Å². The minimum atomic E-state index is -5.08. The van der Waals surface area contributed by atoms with E-state index in [4.69, 9.17) is 15.6 Å². The third kappa shape index (κ3) is 7.24. The van der Waals surface area contributed by atoms with Crippen LogP contribution >= 0.6 is 11.3 Å². The minimum absolute atomic E-state index is 0.176. The van der Waals surface area contributed by atoms with E-state index in [0.717, 1.165) is 72.8 Å². The van der Waals surface area contributed by atoms with Crippen LogP contribution in [0.4, 0.5) is 26.3 Å². The summed E-state index contributed by atoms with van der Waals surface area (Å²) in [6.07, 6.45) is -7.90. The number of nitrogens with zero attached hydrogens (tertiary/aromatic N) is 5. The van der Waals surface area contributed by atoms with Crippen LogP contribution in [0.5, 0.6) is 0 Å². The summed E-state index contributed by atoms with van der Waals surface area (Å²) in [5.74, 6) is -3.45. The molecule has 0 unspecified atom stereocenters. The van der Waals surface area contributed by atoms with Gasteiger partial charge in [0.1, 0.15) is 11.2 Å². The Kier molecular flexibility index (Phi) is 8.89. The van der Waals surface area contributed by atoms with Crippen molar-refractivity contribution in [3.05, 3.63) is 64.8 Å². The number of hydrogen-bond acceptors (Lipinski definition) is 7. The van der Waals surface area contributed by atoms with Gasteiger partial charge in [0.25, 0.3) is 5.91 Å². The van der Waals surface area contributed by atoms with Crippen molar-refractivity contribution < 1.29 is 41.0 Å². The maximum absolute atomic E-state index is 13.0. The van der Waals surface area contributed by atoms with Gasteiger partial charge in [-0.05, 0) is 36.9 Å². The Balaban J connectivity index is 0.000000517. The number of aliphatic carboxylic acids is 1. The molecule has 1 aliphatic heterocycles. The Labute approximate surface area is 238 Å². The van der Waals surface area contributed by atoms with Crippen molar-refractivity contribution in [3.63, 3.8) is 0 Å². The van der Waals surface area contributed by atoms with E-state index in [2.05, 4.69) is 38.9 Å². The molecule has 0 spiro atoms. The first kappa shape index (κ1) is 30.9. The highest BCUT2D eigenvalue weighted by Crippen LogP contribution is 2.34. The second-order valence-electron chi connectivity index (χ2n) is 9.43. The largest absolute Gasteiger partial charge is 0.490 e. The fourth-order valence-electron chi connectivity index (χ4n) is 4.16. The summed E-state index contributed by atoms with van der Waals surface area (Å²) in [6.45, 7) is 4.87. The number of piperazine rings is 1. The smallest absolute Gasteiger partial charge is 0.475 e. The number of primary amides is 1. The number of benzene rings is 2. The normalized spacial score (nSPS) is 14.9. The predicted molar refractivity (Wildman–Crippen MR) is 142 cm³/mol. The number of carbonyl (C=O) groups excluding carboxylic acids is 1. The molecule has 1 saturated heterocycles. The van der Waals surface area contributed by atoms with Crippen LogP contribution in [-0.4, -0.2) is 80.7 Å². The van der Waals surface area contributed by atoms with Crippen LogP contribution in [0.25, 0.3) is 27.4 Å². The molecule has 9 nitrogen and oxygen atoms in total. The number of likely N-dealkylation sites (N-methyl/N-ethyl adjacent to an activating group) is 1. The van der Waals surface area contributed by atoms with Crippen molar-refractivity contribution in [1.82, 2.24) is 24.3 Å². The number of carbonyl (C=O) groups is 2. The lowest BCUT2D eigenvalue weighted by Gasteiger charge is -2.32. The maximum Gasteiger partial charge on any atom is 0.490 e. The number of amides is 1. The first-order valence-corrected chi connectivity index (χ1v) is 13.1. The van der Waals surface area contributed by atoms with Gasteiger partial charge in [-0.2, -0.15) is 26.3 Å². The van der Waals surface area contributed by atoms with Crippen LogP contribution < -0.4 is 5.73 Å². The lowest BCUT2D eigenvalue weighted by Crippen LogP contribution is -2.43. The van der Waals surface area contributed by atoms with Crippen LogP contribution in [-0.2, 0) is 17.5 Å². The van der Waals surface area contributed by atoms with Gasteiger partial charge in [0.2, 0.25) is 0 Å². The van der Waals surface area contributed by atoms with Gasteiger partial charge in [0.05, 0.1) is 22.3 Å². The van der Waals surface area contributed by atoms with Gasteiger partial charge in [-0.25, -0.2) is 14.8 Å². The fraction of sp³-hybridized carbons (Fsp3) is 0.308. The van der Waals surface area contributed by atoms with E-state index in [1.807, 2.05) is 6.07 Å². The van der Waals surface area contributed by atoms with Gasteiger partial charge in [-0.3, -0.25) is 14.3 Å². The fourth-order valence-corrected chi connectivity index (χ4v) is 5.08. The summed E-state index contributed by atoms with van der Waals surface area (Å²) in [6, 6.07) is 10.6. The van der Waals surface area contributed by atoms with Crippen molar-refractivity contribution in [2.24, 2.45) is 5.73 Å². The van der Waals surface area contributed by atoms with E-state index >= 15 is 0 Å². The summed E-state index contributed by atoms with van der Waals surface area (Å²) < 4.78 is 72.4. The molecule has 5 rings (SSSR count). The molecule has 3 heterocycles. The summed E-state index contributed by atoms with van der Waals surface area (Å²) >= 11 is 1.09. The lowest BCUT2D eigenvalue weighted by molar-refractivity contribution is -0.192. The van der Waals surface area contributed by atoms with Crippen molar-refractivity contribution in [2.75, 3.05) is 33.2 Å². The highest BCUT2D eigenvalue weighted by atomic mass is 32.1. The van der Waals surface area contributed by atoms with Crippen molar-refractivity contribution in [2.45, 2.75) is 18.9 Å². The monoisotopic (exact) mass is 614 g/mol. The molecule has 0 radical (unpaired) electrons. The topological polar surface area (TPSA) is 118 Å². The Bertz CT molecular complexity index is 1570. The molecule has 224 valence electrons. The third-order valence-electron chi connectivity index (χ3n) is 6.39. The number of thiazole rings is 1. The molecule has 4 aromatic rings. The zero-order valence-corrected chi connectivity index (χ0v) is 22.7. The maximum atomic E-state index is 13.0. The summed E-state index contributed by atoms with van der Waals surface area (Å²) in [5, 5.41) is 7.59. The number of rotatable bonds is 5. The number of fused-ring (bicyclic) bond motifs is 1. The molecule has 0 aliphatic carbocycles. The molecule has 2 aromatic heterocycles. The molecule has 0 saturated carbocycles. The van der Waals surface area contributed by atoms with Crippen LogP contribution in [0.15, 0.2) is 48.8 Å². The van der Waals surface area contributed by atoms with E-state index < -0.39 is 29.8 Å². The average Bonchev–Trinajstić information content (AvgIpc) is 3.54. The Morgan fingerprint density at radius 3 is 2.17 bits per heavy atom. The van der Waals surface area contributed by atoms with E-state index in [0.29, 0.717) is 10.7 Å². The summed E-state index contributed by atoms with van der Waals surface area (Å²) in [5.41, 5.74) is 8.20. The minimum Gasteiger partial charge on any atom is -0.475 e. The second-order valence-corrected chi connectivity index (χ2v) is 10.4. The number of carboxylic acid groups (broad SMARTS) is 1. The number of imidazole rings is 1. The van der Waals surface area contributed by atoms with Gasteiger partial charge in [-0.15, -0.1) is 0 Å². The summed E-state index contributed by atoms with van der Waals surface area (Å²) in [4.78, 5) is 35.0. The number of nitrogens with two attached hydrogens (primary N) is 1. The third-order valence-corrected chi connectivity index (χ3v) is 7.46. The molecule has 1 aliphatic rings. The molecule has 0 bridgehead atoms. The second kappa shape index (κ2) is 12.1. The van der Waals surface area contributed by atoms with Crippen molar-refractivity contribution in [1.29, 1.82) is 0 Å². The number of alkyl halides is 6. The average molecular weight is 615 g/mol. The standard InChI is InChI=1S/C24H23F3N6OS.C2HF3O2/c1-31-8-10-32(11-9-31)13-15-2-7-18-19(12-15)33(14-29-18)23-30-20(21(35-23)22(28)34)16-3-5-17(6-4-16)24(25,26)27;3-2(4,5)1(6)7/h2-7,12,14H,8-11,13H2,1H3,(H2,28,34);(H,6,7). The highest BCUT2D eigenvalue weighted by molar-refractivity contribution is 7.16. The molecule has 1 amide bonds. The van der Waals surface area contributed by atoms with Crippen LogP contribution in [0.1, 0.15) is 20.8 Å². The number of hydrogen-bond donors (Lipinski definition) is 2. The van der Waals surface area contributed by atoms with Crippen LogP contribution in [0, 0.1) is 0 Å². The highest BCUT2D eigenvalue weighted by Gasteiger charge is 2.38. The zero-order valence-electron chi connectivity index (χ0n) is 21.9. The molecular formula is C26H24F6N6O3S. The lowest BCUT2D eigenvalue weighted by atomic mass is 10.1. The Hall–Kier alpha value is -4.02. The van der Waals surface area contributed by atoms with Crippen LogP contribution in [0.3, 0.4) is 0 Å². The first-order chi connectivity index (χ1) is 19.6. The quantitative estimate of drug-likeness (QED) is 0.315. The predicted octanol–water partition coefficient (Wildman–Crippen LogP) is 4.65.